The van der Waals surface area contributed by atoms with Crippen molar-refractivity contribution in [3.8, 4) is 5.69 Å². The Morgan fingerprint density at radius 1 is 1.06 bits per heavy atom. The molecule has 2 aromatic carbocycles. The minimum atomic E-state index is -0.674. The first kappa shape index (κ1) is 20.9. The lowest BCUT2D eigenvalue weighted by atomic mass is 9.97. The third kappa shape index (κ3) is 4.13. The molecule has 31 heavy (non-hydrogen) atoms. The number of halogens is 2. The summed E-state index contributed by atoms with van der Waals surface area (Å²) in [6.45, 7) is 4.70. The average molecular weight is 443 g/mol. The Labute approximate surface area is 183 Å². The van der Waals surface area contributed by atoms with Gasteiger partial charge in [0.1, 0.15) is 5.69 Å². The normalized spacial score (nSPS) is 15.7. The number of nitrogens with zero attached hydrogens (tertiary/aromatic N) is 6. The third-order valence-corrected chi connectivity index (χ3v) is 5.41. The molecule has 10 heteroatoms. The summed E-state index contributed by atoms with van der Waals surface area (Å²) in [7, 11) is 0. The Morgan fingerprint density at radius 2 is 1.84 bits per heavy atom. The van der Waals surface area contributed by atoms with Crippen LogP contribution in [0.1, 0.15) is 34.8 Å². The molecule has 0 bridgehead atoms. The van der Waals surface area contributed by atoms with Crippen LogP contribution in [-0.4, -0.2) is 67.0 Å². The molecule has 0 radical (unpaired) electrons. The maximum atomic E-state index is 14.0. The van der Waals surface area contributed by atoms with Crippen molar-refractivity contribution in [3.63, 3.8) is 0 Å². The molecule has 1 fully saturated rings. The number of para-hydroxylation sites is 1. The van der Waals surface area contributed by atoms with Crippen molar-refractivity contribution in [2.75, 3.05) is 19.6 Å². The number of rotatable bonds is 3. The van der Waals surface area contributed by atoms with Gasteiger partial charge in [0.2, 0.25) is 0 Å². The van der Waals surface area contributed by atoms with Crippen molar-refractivity contribution < 1.29 is 14.0 Å². The van der Waals surface area contributed by atoms with Gasteiger partial charge in [-0.15, -0.1) is 15.0 Å². The number of hydrogen-bond acceptors (Lipinski definition) is 5. The van der Waals surface area contributed by atoms with E-state index in [2.05, 4.69) is 15.4 Å². The van der Waals surface area contributed by atoms with Gasteiger partial charge in [-0.05, 0) is 49.4 Å². The van der Waals surface area contributed by atoms with Crippen LogP contribution in [0.15, 0.2) is 48.5 Å². The zero-order valence-corrected chi connectivity index (χ0v) is 17.8. The third-order valence-electron chi connectivity index (χ3n) is 5.18. The molecular formula is C21H20ClFN6O2. The van der Waals surface area contributed by atoms with Gasteiger partial charge in [-0.1, -0.05) is 29.8 Å². The monoisotopic (exact) mass is 442 g/mol. The van der Waals surface area contributed by atoms with Crippen LogP contribution in [0.5, 0.6) is 0 Å². The maximum Gasteiger partial charge on any atom is 0.296 e. The van der Waals surface area contributed by atoms with E-state index < -0.39 is 17.3 Å². The van der Waals surface area contributed by atoms with Gasteiger partial charge in [0.05, 0.1) is 5.54 Å². The molecule has 0 N–H and O–H groups in total. The predicted molar refractivity (Wildman–Crippen MR) is 112 cm³/mol. The fraction of sp³-hybridized carbons (Fsp3) is 0.286. The minimum absolute atomic E-state index is 0.102. The van der Waals surface area contributed by atoms with Crippen LogP contribution in [0.25, 0.3) is 5.69 Å². The zero-order valence-electron chi connectivity index (χ0n) is 17.0. The molecule has 4 rings (SSSR count). The van der Waals surface area contributed by atoms with E-state index >= 15 is 0 Å². The smallest absolute Gasteiger partial charge is 0.296 e. The van der Waals surface area contributed by atoms with Crippen LogP contribution >= 0.6 is 11.6 Å². The Bertz CT molecular complexity index is 1150. The summed E-state index contributed by atoms with van der Waals surface area (Å²) in [6, 6.07) is 12.7. The fourth-order valence-corrected chi connectivity index (χ4v) is 3.84. The van der Waals surface area contributed by atoms with Crippen molar-refractivity contribution in [1.82, 2.24) is 30.0 Å². The SMILES string of the molecule is CC1(C)CN(C(=O)c2cccc(Cl)c2)CCN1C(=O)c1nnn(-c2ccccc2F)n1. The maximum absolute atomic E-state index is 14.0. The number of amides is 2. The molecule has 3 aromatic rings. The molecule has 0 saturated carbocycles. The first-order valence-corrected chi connectivity index (χ1v) is 10.1. The molecule has 1 aromatic heterocycles. The van der Waals surface area contributed by atoms with Crippen LogP contribution in [0, 0.1) is 5.82 Å². The number of aromatic nitrogens is 4. The summed E-state index contributed by atoms with van der Waals surface area (Å²) in [5.41, 5.74) is -0.0738. The van der Waals surface area contributed by atoms with Crippen molar-refractivity contribution in [2.45, 2.75) is 19.4 Å². The van der Waals surface area contributed by atoms with Crippen LogP contribution in [0.3, 0.4) is 0 Å². The highest BCUT2D eigenvalue weighted by molar-refractivity contribution is 6.30. The Morgan fingerprint density at radius 3 is 2.55 bits per heavy atom. The quantitative estimate of drug-likeness (QED) is 0.622. The van der Waals surface area contributed by atoms with Crippen molar-refractivity contribution in [2.24, 2.45) is 0 Å². The second-order valence-corrected chi connectivity index (χ2v) is 8.30. The highest BCUT2D eigenvalue weighted by Crippen LogP contribution is 2.24. The van der Waals surface area contributed by atoms with Crippen molar-refractivity contribution in [3.05, 3.63) is 70.8 Å². The van der Waals surface area contributed by atoms with E-state index in [0.29, 0.717) is 30.2 Å². The standard InChI is InChI=1S/C21H20ClFN6O2/c1-21(2)13-27(19(30)14-6-5-7-15(22)12-14)10-11-28(21)20(31)18-24-26-29(25-18)17-9-4-3-8-16(17)23/h3-9,12H,10-11,13H2,1-2H3. The first-order chi connectivity index (χ1) is 14.8. The van der Waals surface area contributed by atoms with Gasteiger partial charge in [-0.2, -0.15) is 0 Å². The summed E-state index contributed by atoms with van der Waals surface area (Å²) < 4.78 is 14.0. The second kappa shape index (κ2) is 8.07. The highest BCUT2D eigenvalue weighted by Gasteiger charge is 2.40. The molecule has 0 unspecified atom stereocenters. The molecule has 1 saturated heterocycles. The van der Waals surface area contributed by atoms with Crippen LogP contribution in [0.2, 0.25) is 5.02 Å². The molecular weight excluding hydrogens is 423 g/mol. The van der Waals surface area contributed by atoms with E-state index in [0.717, 1.165) is 4.80 Å². The van der Waals surface area contributed by atoms with Crippen molar-refractivity contribution in [1.29, 1.82) is 0 Å². The molecule has 2 amide bonds. The molecule has 160 valence electrons. The Kier molecular flexibility index (Phi) is 5.45. The van der Waals surface area contributed by atoms with Crippen LogP contribution < -0.4 is 0 Å². The Balaban J connectivity index is 1.51. The number of hydrogen-bond donors (Lipinski definition) is 0. The zero-order chi connectivity index (χ0) is 22.2. The molecule has 8 nitrogen and oxygen atoms in total. The number of carbonyl (C=O) groups is 2. The summed E-state index contributed by atoms with van der Waals surface area (Å²) in [5.74, 6) is -1.23. The van der Waals surface area contributed by atoms with Gasteiger partial charge in [0.25, 0.3) is 17.6 Å². The van der Waals surface area contributed by atoms with Gasteiger partial charge < -0.3 is 9.80 Å². The lowest BCUT2D eigenvalue weighted by molar-refractivity contribution is 0.0160. The molecule has 0 aliphatic carbocycles. The lowest BCUT2D eigenvalue weighted by Crippen LogP contribution is -2.62. The number of carbonyl (C=O) groups excluding carboxylic acids is 2. The lowest BCUT2D eigenvalue weighted by Gasteiger charge is -2.46. The molecule has 1 aliphatic heterocycles. The van der Waals surface area contributed by atoms with Gasteiger partial charge in [-0.3, -0.25) is 9.59 Å². The summed E-state index contributed by atoms with van der Waals surface area (Å²) >= 11 is 6.00. The second-order valence-electron chi connectivity index (χ2n) is 7.86. The van der Waals surface area contributed by atoms with E-state index in [1.54, 1.807) is 46.2 Å². The van der Waals surface area contributed by atoms with Gasteiger partial charge >= 0.3 is 0 Å². The molecule has 1 aliphatic rings. The van der Waals surface area contributed by atoms with Gasteiger partial charge in [0, 0.05) is 30.2 Å². The number of benzene rings is 2. The topological polar surface area (TPSA) is 84.2 Å². The van der Waals surface area contributed by atoms with E-state index in [-0.39, 0.29) is 17.4 Å². The van der Waals surface area contributed by atoms with E-state index in [4.69, 9.17) is 11.6 Å². The van der Waals surface area contributed by atoms with E-state index in [9.17, 15) is 14.0 Å². The predicted octanol–water partition coefficient (Wildman–Crippen LogP) is 2.83. The summed E-state index contributed by atoms with van der Waals surface area (Å²) in [4.78, 5) is 30.2. The van der Waals surface area contributed by atoms with Gasteiger partial charge in [-0.25, -0.2) is 4.39 Å². The first-order valence-electron chi connectivity index (χ1n) is 9.68. The van der Waals surface area contributed by atoms with Crippen molar-refractivity contribution >= 4 is 23.4 Å². The minimum Gasteiger partial charge on any atom is -0.335 e. The number of piperazine rings is 1. The van der Waals surface area contributed by atoms with E-state index in [1.807, 2.05) is 13.8 Å². The highest BCUT2D eigenvalue weighted by atomic mass is 35.5. The van der Waals surface area contributed by atoms with Gasteiger partial charge in [0.15, 0.2) is 5.82 Å². The average Bonchev–Trinajstić information content (AvgIpc) is 3.22. The molecule has 2 heterocycles. The van der Waals surface area contributed by atoms with Crippen LogP contribution in [-0.2, 0) is 0 Å². The van der Waals surface area contributed by atoms with Crippen LogP contribution in [0.4, 0.5) is 4.39 Å². The number of tetrazole rings is 1. The van der Waals surface area contributed by atoms with E-state index in [1.165, 1.54) is 12.1 Å². The summed E-state index contributed by atoms with van der Waals surface area (Å²) in [6.07, 6.45) is 0. The molecule has 0 spiro atoms. The molecule has 0 atom stereocenters. The summed E-state index contributed by atoms with van der Waals surface area (Å²) in [5, 5.41) is 12.2. The Hall–Kier alpha value is -3.33. The largest absolute Gasteiger partial charge is 0.335 e. The fourth-order valence-electron chi connectivity index (χ4n) is 3.65.